The second-order valence-corrected chi connectivity index (χ2v) is 5.10. The van der Waals surface area contributed by atoms with Crippen LogP contribution in [0.25, 0.3) is 0 Å². The molecule has 7 heteroatoms. The Morgan fingerprint density at radius 2 is 2.05 bits per heavy atom. The maximum atomic E-state index is 11.9. The molecule has 0 aliphatic rings. The fraction of sp³-hybridized carbons (Fsp3) is 0.0667. The predicted octanol–water partition coefficient (Wildman–Crippen LogP) is 1.72. The third-order valence-electron chi connectivity index (χ3n) is 2.62. The Labute approximate surface area is 135 Å². The summed E-state index contributed by atoms with van der Waals surface area (Å²) in [6.45, 7) is -0.162. The summed E-state index contributed by atoms with van der Waals surface area (Å²) in [4.78, 5) is 27.4. The zero-order valence-electron chi connectivity index (χ0n) is 11.5. The molecule has 1 aromatic carbocycles. The normalized spacial score (nSPS) is 10.4. The molecule has 2 amide bonds. The van der Waals surface area contributed by atoms with Crippen LogP contribution < -0.4 is 10.7 Å². The number of aromatic nitrogens is 1. The van der Waals surface area contributed by atoms with Crippen molar-refractivity contribution in [2.24, 2.45) is 5.10 Å². The van der Waals surface area contributed by atoms with Crippen molar-refractivity contribution in [3.05, 3.63) is 64.4 Å². The minimum atomic E-state index is -0.416. The van der Waals surface area contributed by atoms with Gasteiger partial charge in [0.1, 0.15) is 0 Å². The molecule has 0 bridgehead atoms. The third kappa shape index (κ3) is 4.78. The molecule has 2 aromatic rings. The molecule has 0 saturated heterocycles. The second-order valence-electron chi connectivity index (χ2n) is 4.24. The molecule has 0 unspecified atom stereocenters. The summed E-state index contributed by atoms with van der Waals surface area (Å²) in [6.07, 6.45) is 4.73. The number of hydrogen-bond acceptors (Lipinski definition) is 4. The molecule has 1 heterocycles. The third-order valence-corrected chi connectivity index (χ3v) is 3.31. The van der Waals surface area contributed by atoms with Gasteiger partial charge >= 0.3 is 0 Å². The molecule has 0 atom stereocenters. The highest BCUT2D eigenvalue weighted by Gasteiger charge is 2.10. The average molecular weight is 361 g/mol. The van der Waals surface area contributed by atoms with Gasteiger partial charge in [-0.25, -0.2) is 5.43 Å². The van der Waals surface area contributed by atoms with E-state index in [1.54, 1.807) is 48.8 Å². The first-order valence-electron chi connectivity index (χ1n) is 6.41. The number of carbonyl (C=O) groups is 2. The summed E-state index contributed by atoms with van der Waals surface area (Å²) in [5, 5.41) is 6.31. The van der Waals surface area contributed by atoms with Gasteiger partial charge in [-0.3, -0.25) is 14.6 Å². The Morgan fingerprint density at radius 1 is 1.23 bits per heavy atom. The Morgan fingerprint density at radius 3 is 2.77 bits per heavy atom. The van der Waals surface area contributed by atoms with Gasteiger partial charge < -0.3 is 5.32 Å². The molecular formula is C15H13BrN4O2. The van der Waals surface area contributed by atoms with Crippen molar-refractivity contribution in [3.8, 4) is 0 Å². The van der Waals surface area contributed by atoms with Crippen LogP contribution in [0.5, 0.6) is 0 Å². The first kappa shape index (κ1) is 15.8. The summed E-state index contributed by atoms with van der Waals surface area (Å²) >= 11 is 3.28. The van der Waals surface area contributed by atoms with Crippen LogP contribution in [0.4, 0.5) is 0 Å². The molecule has 0 radical (unpaired) electrons. The minimum Gasteiger partial charge on any atom is -0.343 e. The smallest absolute Gasteiger partial charge is 0.259 e. The van der Waals surface area contributed by atoms with Crippen molar-refractivity contribution in [1.82, 2.24) is 15.7 Å². The van der Waals surface area contributed by atoms with Gasteiger partial charge in [0.25, 0.3) is 11.8 Å². The summed E-state index contributed by atoms with van der Waals surface area (Å²) in [5.41, 5.74) is 3.56. The fourth-order valence-electron chi connectivity index (χ4n) is 1.57. The number of nitrogens with one attached hydrogen (secondary N) is 2. The summed E-state index contributed by atoms with van der Waals surface area (Å²) in [5.74, 6) is -0.751. The van der Waals surface area contributed by atoms with Crippen molar-refractivity contribution < 1.29 is 9.59 Å². The maximum Gasteiger partial charge on any atom is 0.259 e. The molecule has 0 saturated carbocycles. The van der Waals surface area contributed by atoms with E-state index in [0.717, 1.165) is 5.56 Å². The lowest BCUT2D eigenvalue weighted by molar-refractivity contribution is -0.120. The van der Waals surface area contributed by atoms with Crippen LogP contribution in [0, 0.1) is 0 Å². The van der Waals surface area contributed by atoms with Crippen molar-refractivity contribution in [1.29, 1.82) is 0 Å². The van der Waals surface area contributed by atoms with Crippen LogP contribution in [0.15, 0.2) is 58.4 Å². The van der Waals surface area contributed by atoms with E-state index in [-0.39, 0.29) is 12.5 Å². The Balaban J connectivity index is 1.80. The highest BCUT2D eigenvalue weighted by atomic mass is 79.9. The lowest BCUT2D eigenvalue weighted by Crippen LogP contribution is -2.35. The molecule has 112 valence electrons. The number of hydrogen-bond donors (Lipinski definition) is 2. The Kier molecular flexibility index (Phi) is 5.79. The van der Waals surface area contributed by atoms with Gasteiger partial charge in [0.2, 0.25) is 0 Å². The zero-order valence-corrected chi connectivity index (χ0v) is 13.1. The molecule has 0 spiro atoms. The maximum absolute atomic E-state index is 11.9. The van der Waals surface area contributed by atoms with Gasteiger partial charge in [-0.2, -0.15) is 5.10 Å². The average Bonchev–Trinajstić information content (AvgIpc) is 2.54. The van der Waals surface area contributed by atoms with Crippen LogP contribution in [0.1, 0.15) is 15.9 Å². The quantitative estimate of drug-likeness (QED) is 0.628. The lowest BCUT2D eigenvalue weighted by atomic mass is 10.2. The lowest BCUT2D eigenvalue weighted by Gasteiger charge is -2.05. The fourth-order valence-corrected chi connectivity index (χ4v) is 2.04. The highest BCUT2D eigenvalue weighted by Crippen LogP contribution is 2.15. The Hall–Kier alpha value is -2.54. The number of amides is 2. The standard InChI is InChI=1S/C15H13BrN4O2/c16-13-6-2-1-5-12(13)15(22)18-10-14(21)20-19-9-11-4-3-7-17-8-11/h1-9H,10H2,(H,18,22)(H,20,21)/b19-9-. The molecule has 0 aliphatic heterocycles. The molecule has 6 nitrogen and oxygen atoms in total. The van der Waals surface area contributed by atoms with Crippen molar-refractivity contribution in [2.75, 3.05) is 6.54 Å². The van der Waals surface area contributed by atoms with Crippen LogP contribution in [-0.4, -0.2) is 29.6 Å². The molecule has 2 rings (SSSR count). The van der Waals surface area contributed by atoms with Gasteiger partial charge in [-0.15, -0.1) is 0 Å². The number of nitrogens with zero attached hydrogens (tertiary/aromatic N) is 2. The van der Waals surface area contributed by atoms with E-state index in [1.165, 1.54) is 6.21 Å². The monoisotopic (exact) mass is 360 g/mol. The van der Waals surface area contributed by atoms with E-state index in [9.17, 15) is 9.59 Å². The first-order valence-corrected chi connectivity index (χ1v) is 7.21. The number of benzene rings is 1. The van der Waals surface area contributed by atoms with E-state index in [2.05, 4.69) is 36.8 Å². The summed E-state index contributed by atoms with van der Waals surface area (Å²) in [6, 6.07) is 10.5. The van der Waals surface area contributed by atoms with E-state index < -0.39 is 5.91 Å². The summed E-state index contributed by atoms with van der Waals surface area (Å²) in [7, 11) is 0. The number of halogens is 1. The van der Waals surface area contributed by atoms with Crippen molar-refractivity contribution in [3.63, 3.8) is 0 Å². The van der Waals surface area contributed by atoms with Gasteiger partial charge in [0.05, 0.1) is 18.3 Å². The van der Waals surface area contributed by atoms with E-state index in [1.807, 2.05) is 0 Å². The summed E-state index contributed by atoms with van der Waals surface area (Å²) < 4.78 is 0.669. The second kappa shape index (κ2) is 8.04. The first-order chi connectivity index (χ1) is 10.7. The van der Waals surface area contributed by atoms with Crippen LogP contribution in [0.3, 0.4) is 0 Å². The molecule has 1 aromatic heterocycles. The van der Waals surface area contributed by atoms with Crippen LogP contribution in [0.2, 0.25) is 0 Å². The number of hydrazone groups is 1. The number of rotatable bonds is 5. The Bertz CT molecular complexity index is 689. The van der Waals surface area contributed by atoms with Gasteiger partial charge in [0, 0.05) is 22.4 Å². The number of carbonyl (C=O) groups excluding carboxylic acids is 2. The van der Waals surface area contributed by atoms with Crippen molar-refractivity contribution >= 4 is 34.0 Å². The highest BCUT2D eigenvalue weighted by molar-refractivity contribution is 9.10. The topological polar surface area (TPSA) is 83.5 Å². The minimum absolute atomic E-state index is 0.162. The number of pyridine rings is 1. The predicted molar refractivity (Wildman–Crippen MR) is 86.4 cm³/mol. The van der Waals surface area contributed by atoms with Crippen LogP contribution >= 0.6 is 15.9 Å². The van der Waals surface area contributed by atoms with Gasteiger partial charge in [-0.05, 0) is 34.1 Å². The molecular weight excluding hydrogens is 348 g/mol. The van der Waals surface area contributed by atoms with E-state index in [4.69, 9.17) is 0 Å². The molecule has 22 heavy (non-hydrogen) atoms. The van der Waals surface area contributed by atoms with E-state index in [0.29, 0.717) is 10.0 Å². The van der Waals surface area contributed by atoms with Gasteiger partial charge in [-0.1, -0.05) is 18.2 Å². The van der Waals surface area contributed by atoms with Crippen LogP contribution in [-0.2, 0) is 4.79 Å². The largest absolute Gasteiger partial charge is 0.343 e. The molecule has 2 N–H and O–H groups in total. The zero-order chi connectivity index (χ0) is 15.8. The van der Waals surface area contributed by atoms with E-state index >= 15 is 0 Å². The van der Waals surface area contributed by atoms with Crippen molar-refractivity contribution in [2.45, 2.75) is 0 Å². The molecule has 0 aliphatic carbocycles. The van der Waals surface area contributed by atoms with Gasteiger partial charge in [0.15, 0.2) is 0 Å². The molecule has 0 fully saturated rings. The SMILES string of the molecule is O=C(CNC(=O)c1ccccc1Br)N/N=C\c1cccnc1.